The maximum atomic E-state index is 11.9. The van der Waals surface area contributed by atoms with Crippen LogP contribution >= 0.6 is 38.5 Å². The number of carbonyl (C=O) groups excluding carboxylic acids is 1. The number of rotatable bonds is 4. The van der Waals surface area contributed by atoms with Crippen molar-refractivity contribution >= 4 is 71.1 Å². The van der Waals surface area contributed by atoms with Crippen LogP contribution in [0, 0.1) is 3.77 Å². The molecule has 0 saturated heterocycles. The van der Waals surface area contributed by atoms with Gasteiger partial charge in [0.05, 0.1) is 17.0 Å². The SMILES string of the molecule is CCS(=O)(=O)Nc1cc2oc(I)c(C(=O)NC)c2cc1Br. The zero-order chi connectivity index (χ0) is 15.8. The number of halogens is 2. The van der Waals surface area contributed by atoms with Gasteiger partial charge in [-0.15, -0.1) is 0 Å². The number of sulfonamides is 1. The Bertz CT molecular complexity index is 816. The van der Waals surface area contributed by atoms with E-state index < -0.39 is 10.0 Å². The molecule has 1 aromatic carbocycles. The molecule has 0 aliphatic carbocycles. The summed E-state index contributed by atoms with van der Waals surface area (Å²) in [5, 5.41) is 3.17. The van der Waals surface area contributed by atoms with E-state index >= 15 is 0 Å². The van der Waals surface area contributed by atoms with Crippen LogP contribution in [-0.4, -0.2) is 27.1 Å². The molecule has 0 bridgehead atoms. The van der Waals surface area contributed by atoms with Gasteiger partial charge in [0.2, 0.25) is 10.0 Å². The first-order chi connectivity index (χ1) is 9.79. The van der Waals surface area contributed by atoms with Gasteiger partial charge in [0.25, 0.3) is 5.91 Å². The average molecular weight is 487 g/mol. The van der Waals surface area contributed by atoms with Gasteiger partial charge in [0, 0.05) is 45.6 Å². The van der Waals surface area contributed by atoms with E-state index in [4.69, 9.17) is 4.42 Å². The molecule has 0 fully saturated rings. The van der Waals surface area contributed by atoms with Crippen molar-refractivity contribution in [2.75, 3.05) is 17.5 Å². The number of carbonyl (C=O) groups is 1. The molecule has 114 valence electrons. The highest BCUT2D eigenvalue weighted by Gasteiger charge is 2.20. The summed E-state index contributed by atoms with van der Waals surface area (Å²) in [6.07, 6.45) is 0. The van der Waals surface area contributed by atoms with Crippen LogP contribution in [0.2, 0.25) is 0 Å². The molecule has 0 atom stereocenters. The van der Waals surface area contributed by atoms with E-state index in [2.05, 4.69) is 26.0 Å². The minimum absolute atomic E-state index is 0.0311. The summed E-state index contributed by atoms with van der Waals surface area (Å²) in [6.45, 7) is 1.55. The van der Waals surface area contributed by atoms with Gasteiger partial charge >= 0.3 is 0 Å². The van der Waals surface area contributed by atoms with E-state index in [9.17, 15) is 13.2 Å². The van der Waals surface area contributed by atoms with Crippen molar-refractivity contribution in [1.29, 1.82) is 0 Å². The Hall–Kier alpha value is -0.810. The van der Waals surface area contributed by atoms with Crippen molar-refractivity contribution in [3.8, 4) is 0 Å². The Kier molecular flexibility index (Phi) is 4.83. The molecule has 2 rings (SSSR count). The molecule has 0 aliphatic heterocycles. The highest BCUT2D eigenvalue weighted by Crippen LogP contribution is 2.34. The van der Waals surface area contributed by atoms with Crippen LogP contribution in [0.5, 0.6) is 0 Å². The normalized spacial score (nSPS) is 11.6. The van der Waals surface area contributed by atoms with Gasteiger partial charge in [0.1, 0.15) is 5.58 Å². The van der Waals surface area contributed by atoms with Gasteiger partial charge in [-0.2, -0.15) is 0 Å². The molecular weight excluding hydrogens is 475 g/mol. The lowest BCUT2D eigenvalue weighted by atomic mass is 10.1. The van der Waals surface area contributed by atoms with Crippen LogP contribution in [0.4, 0.5) is 5.69 Å². The summed E-state index contributed by atoms with van der Waals surface area (Å²) in [5.74, 6) is -0.289. The van der Waals surface area contributed by atoms with Crippen molar-refractivity contribution in [2.24, 2.45) is 0 Å². The molecule has 1 heterocycles. The van der Waals surface area contributed by atoms with E-state index in [1.165, 1.54) is 7.05 Å². The molecule has 9 heteroatoms. The number of furan rings is 1. The molecule has 0 radical (unpaired) electrons. The van der Waals surface area contributed by atoms with E-state index in [0.29, 0.717) is 30.5 Å². The number of fused-ring (bicyclic) bond motifs is 1. The first kappa shape index (κ1) is 16.6. The topological polar surface area (TPSA) is 88.4 Å². The maximum absolute atomic E-state index is 11.9. The molecule has 2 aromatic rings. The van der Waals surface area contributed by atoms with E-state index in [0.717, 1.165) is 0 Å². The second kappa shape index (κ2) is 6.13. The monoisotopic (exact) mass is 486 g/mol. The van der Waals surface area contributed by atoms with Crippen molar-refractivity contribution in [1.82, 2.24) is 5.32 Å². The summed E-state index contributed by atoms with van der Waals surface area (Å²) >= 11 is 5.24. The predicted molar refractivity (Wildman–Crippen MR) is 93.1 cm³/mol. The first-order valence-corrected chi connectivity index (χ1v) is 9.45. The van der Waals surface area contributed by atoms with Crippen LogP contribution < -0.4 is 10.0 Å². The summed E-state index contributed by atoms with van der Waals surface area (Å²) in [5.41, 5.74) is 1.24. The summed E-state index contributed by atoms with van der Waals surface area (Å²) in [7, 11) is -1.85. The third-order valence-corrected chi connectivity index (χ3v) is 5.54. The first-order valence-electron chi connectivity index (χ1n) is 5.93. The fourth-order valence-corrected chi connectivity index (χ4v) is 3.74. The maximum Gasteiger partial charge on any atom is 0.256 e. The molecule has 1 amide bonds. The van der Waals surface area contributed by atoms with Crippen molar-refractivity contribution in [3.63, 3.8) is 0 Å². The van der Waals surface area contributed by atoms with E-state index in [-0.39, 0.29) is 11.7 Å². The number of amides is 1. The second-order valence-electron chi connectivity index (χ2n) is 4.16. The fourth-order valence-electron chi connectivity index (χ4n) is 1.74. The molecule has 2 N–H and O–H groups in total. The van der Waals surface area contributed by atoms with Gasteiger partial charge < -0.3 is 9.73 Å². The molecule has 1 aromatic heterocycles. The van der Waals surface area contributed by atoms with Gasteiger partial charge in [-0.3, -0.25) is 9.52 Å². The fraction of sp³-hybridized carbons (Fsp3) is 0.250. The molecule has 6 nitrogen and oxygen atoms in total. The van der Waals surface area contributed by atoms with Crippen molar-refractivity contribution in [3.05, 3.63) is 25.9 Å². The minimum Gasteiger partial charge on any atom is -0.449 e. The van der Waals surface area contributed by atoms with Crippen LogP contribution in [-0.2, 0) is 10.0 Å². The number of benzene rings is 1. The number of hydrogen-bond donors (Lipinski definition) is 2. The molecular formula is C12H12BrIN2O4S. The average Bonchev–Trinajstić information content (AvgIpc) is 2.73. The summed E-state index contributed by atoms with van der Waals surface area (Å²) < 4.78 is 32.3. The van der Waals surface area contributed by atoms with E-state index in [1.54, 1.807) is 19.1 Å². The smallest absolute Gasteiger partial charge is 0.256 e. The lowest BCUT2D eigenvalue weighted by Gasteiger charge is -2.08. The van der Waals surface area contributed by atoms with Crippen LogP contribution in [0.1, 0.15) is 17.3 Å². The third kappa shape index (κ3) is 3.34. The Balaban J connectivity index is 2.61. The second-order valence-corrected chi connectivity index (χ2v) is 8.01. The summed E-state index contributed by atoms with van der Waals surface area (Å²) in [6, 6.07) is 3.22. The number of hydrogen-bond acceptors (Lipinski definition) is 4. The molecule has 0 aliphatic rings. The molecule has 0 spiro atoms. The van der Waals surface area contributed by atoms with Gasteiger partial charge in [-0.25, -0.2) is 8.42 Å². The molecule has 0 saturated carbocycles. The van der Waals surface area contributed by atoms with E-state index in [1.807, 2.05) is 22.6 Å². The standard InChI is InChI=1S/C12H12BrIN2O4S/c1-3-21(18,19)16-8-5-9-6(4-7(8)13)10(11(14)20-9)12(17)15-2/h4-5,16H,3H2,1-2H3,(H,15,17). The molecule has 21 heavy (non-hydrogen) atoms. The van der Waals surface area contributed by atoms with Crippen LogP contribution in [0.3, 0.4) is 0 Å². The Labute approximate surface area is 144 Å². The number of anilines is 1. The Morgan fingerprint density at radius 2 is 2.10 bits per heavy atom. The van der Waals surface area contributed by atoms with Gasteiger partial charge in [0.15, 0.2) is 3.77 Å². The van der Waals surface area contributed by atoms with Crippen LogP contribution in [0.25, 0.3) is 11.0 Å². The van der Waals surface area contributed by atoms with Crippen molar-refractivity contribution in [2.45, 2.75) is 6.92 Å². The Morgan fingerprint density at radius 1 is 1.43 bits per heavy atom. The Morgan fingerprint density at radius 3 is 2.67 bits per heavy atom. The van der Waals surface area contributed by atoms with Crippen molar-refractivity contribution < 1.29 is 17.6 Å². The zero-order valence-electron chi connectivity index (χ0n) is 11.2. The highest BCUT2D eigenvalue weighted by molar-refractivity contribution is 14.1. The lowest BCUT2D eigenvalue weighted by Crippen LogP contribution is -2.18. The highest BCUT2D eigenvalue weighted by atomic mass is 127. The summed E-state index contributed by atoms with van der Waals surface area (Å²) in [4.78, 5) is 11.9. The van der Waals surface area contributed by atoms with Gasteiger partial charge in [-0.1, -0.05) is 0 Å². The largest absolute Gasteiger partial charge is 0.449 e. The lowest BCUT2D eigenvalue weighted by molar-refractivity contribution is 0.0962. The molecule has 0 unspecified atom stereocenters. The third-order valence-electron chi connectivity index (χ3n) is 2.83. The van der Waals surface area contributed by atoms with Crippen LogP contribution in [0.15, 0.2) is 21.0 Å². The predicted octanol–water partition coefficient (Wildman–Crippen LogP) is 2.92. The quantitative estimate of drug-likeness (QED) is 0.650. The zero-order valence-corrected chi connectivity index (χ0v) is 15.7. The number of nitrogens with one attached hydrogen (secondary N) is 2. The van der Waals surface area contributed by atoms with Gasteiger partial charge in [-0.05, 0) is 28.9 Å². The minimum atomic E-state index is -3.39.